The van der Waals surface area contributed by atoms with Crippen LogP contribution in [-0.4, -0.2) is 64.5 Å². The Labute approximate surface area is 189 Å². The Hall–Kier alpha value is -2.84. The van der Waals surface area contributed by atoms with Crippen LogP contribution in [0.15, 0.2) is 47.5 Å². The van der Waals surface area contributed by atoms with E-state index in [1.54, 1.807) is 20.3 Å². The summed E-state index contributed by atoms with van der Waals surface area (Å²) in [5, 5.41) is 6.73. The Morgan fingerprint density at radius 2 is 1.88 bits per heavy atom. The van der Waals surface area contributed by atoms with Crippen LogP contribution < -0.4 is 20.1 Å². The van der Waals surface area contributed by atoms with E-state index in [2.05, 4.69) is 26.6 Å². The number of hydrogen-bond acceptors (Lipinski definition) is 5. The van der Waals surface area contributed by atoms with Gasteiger partial charge in [0.05, 0.1) is 40.0 Å². The minimum atomic E-state index is -0.253. The van der Waals surface area contributed by atoms with Gasteiger partial charge in [0.1, 0.15) is 5.82 Å². The molecule has 1 aliphatic heterocycles. The Morgan fingerprint density at radius 1 is 1.09 bits per heavy atom. The molecule has 174 valence electrons. The van der Waals surface area contributed by atoms with Crippen molar-refractivity contribution in [2.45, 2.75) is 19.5 Å². The number of nitrogens with zero attached hydrogens (tertiary/aromatic N) is 2. The molecule has 0 aliphatic carbocycles. The van der Waals surface area contributed by atoms with Gasteiger partial charge in [0.15, 0.2) is 17.5 Å². The molecule has 1 atom stereocenters. The third-order valence-electron chi connectivity index (χ3n) is 5.39. The van der Waals surface area contributed by atoms with Crippen molar-refractivity contribution in [1.82, 2.24) is 15.5 Å². The van der Waals surface area contributed by atoms with Crippen LogP contribution in [0.3, 0.4) is 0 Å². The molecule has 0 bridgehead atoms. The molecule has 1 heterocycles. The second kappa shape index (κ2) is 12.3. The second-order valence-corrected chi connectivity index (χ2v) is 7.48. The monoisotopic (exact) mass is 444 g/mol. The first-order chi connectivity index (χ1) is 15.6. The lowest BCUT2D eigenvalue weighted by Gasteiger charge is -2.35. The van der Waals surface area contributed by atoms with E-state index >= 15 is 0 Å². The van der Waals surface area contributed by atoms with E-state index in [9.17, 15) is 4.39 Å². The van der Waals surface area contributed by atoms with Gasteiger partial charge in [-0.15, -0.1) is 0 Å². The number of morpholine rings is 1. The quantitative estimate of drug-likeness (QED) is 0.458. The van der Waals surface area contributed by atoms with Crippen molar-refractivity contribution in [2.75, 3.05) is 53.6 Å². The topological polar surface area (TPSA) is 67.4 Å². The van der Waals surface area contributed by atoms with Gasteiger partial charge in [-0.05, 0) is 42.3 Å². The minimum absolute atomic E-state index is 0.0942. The van der Waals surface area contributed by atoms with E-state index in [-0.39, 0.29) is 11.9 Å². The number of ether oxygens (including phenoxy) is 3. The number of hydrogen-bond donors (Lipinski definition) is 2. The summed E-state index contributed by atoms with van der Waals surface area (Å²) in [5.74, 6) is 1.84. The zero-order chi connectivity index (χ0) is 22.8. The molecule has 1 unspecified atom stereocenters. The van der Waals surface area contributed by atoms with Crippen LogP contribution in [0.2, 0.25) is 0 Å². The molecule has 1 saturated heterocycles. The maximum atomic E-state index is 13.5. The summed E-state index contributed by atoms with van der Waals surface area (Å²) in [6.45, 7) is 6.89. The number of rotatable bonds is 9. The van der Waals surface area contributed by atoms with Crippen molar-refractivity contribution >= 4 is 5.96 Å². The maximum absolute atomic E-state index is 13.5. The molecule has 1 fully saturated rings. The number of benzene rings is 2. The summed E-state index contributed by atoms with van der Waals surface area (Å²) in [6.07, 6.45) is 0. The first-order valence-electron chi connectivity index (χ1n) is 10.9. The third kappa shape index (κ3) is 6.58. The molecule has 0 spiro atoms. The molecule has 32 heavy (non-hydrogen) atoms. The third-order valence-corrected chi connectivity index (χ3v) is 5.39. The van der Waals surface area contributed by atoms with E-state index < -0.39 is 0 Å². The van der Waals surface area contributed by atoms with E-state index in [1.807, 2.05) is 25.1 Å². The van der Waals surface area contributed by atoms with Gasteiger partial charge in [0, 0.05) is 26.2 Å². The van der Waals surface area contributed by atoms with E-state index in [4.69, 9.17) is 14.2 Å². The number of halogens is 1. The van der Waals surface area contributed by atoms with Gasteiger partial charge in [-0.2, -0.15) is 0 Å². The van der Waals surface area contributed by atoms with Crippen LogP contribution in [-0.2, 0) is 11.3 Å². The molecule has 3 rings (SSSR count). The largest absolute Gasteiger partial charge is 0.493 e. The lowest BCUT2D eigenvalue weighted by Crippen LogP contribution is -2.46. The van der Waals surface area contributed by atoms with Gasteiger partial charge in [-0.3, -0.25) is 4.90 Å². The smallest absolute Gasteiger partial charge is 0.191 e. The standard InChI is InChI=1S/C24H33FN4O3/c1-4-26-24(27-16-18-6-5-7-20(25)14-18)28-17-21(29-10-12-32-13-11-29)19-8-9-22(30-2)23(15-19)31-3/h5-9,14-15,21H,4,10-13,16-17H2,1-3H3,(H2,26,27,28). The summed E-state index contributed by atoms with van der Waals surface area (Å²) >= 11 is 0. The SMILES string of the molecule is CCNC(=NCc1cccc(F)c1)NCC(c1ccc(OC)c(OC)c1)N1CCOCC1. The summed E-state index contributed by atoms with van der Waals surface area (Å²) in [7, 11) is 3.28. The molecule has 8 heteroatoms. The van der Waals surface area contributed by atoms with Gasteiger partial charge in [-0.25, -0.2) is 9.38 Å². The molecule has 0 aromatic heterocycles. The average Bonchev–Trinajstić information content (AvgIpc) is 2.83. The first-order valence-corrected chi connectivity index (χ1v) is 10.9. The molecule has 7 nitrogen and oxygen atoms in total. The fraction of sp³-hybridized carbons (Fsp3) is 0.458. The molecule has 2 aromatic rings. The van der Waals surface area contributed by atoms with Crippen LogP contribution in [0.1, 0.15) is 24.1 Å². The molecule has 0 radical (unpaired) electrons. The average molecular weight is 445 g/mol. The van der Waals surface area contributed by atoms with Gasteiger partial charge in [0.25, 0.3) is 0 Å². The molecular formula is C24H33FN4O3. The highest BCUT2D eigenvalue weighted by Gasteiger charge is 2.24. The zero-order valence-electron chi connectivity index (χ0n) is 19.1. The molecule has 2 N–H and O–H groups in total. The highest BCUT2D eigenvalue weighted by molar-refractivity contribution is 5.79. The Balaban J connectivity index is 1.77. The minimum Gasteiger partial charge on any atom is -0.493 e. The second-order valence-electron chi connectivity index (χ2n) is 7.48. The van der Waals surface area contributed by atoms with Crippen molar-refractivity contribution in [3.8, 4) is 11.5 Å². The van der Waals surface area contributed by atoms with E-state index in [0.717, 1.165) is 30.8 Å². The molecule has 2 aromatic carbocycles. The number of nitrogens with one attached hydrogen (secondary N) is 2. The lowest BCUT2D eigenvalue weighted by atomic mass is 10.0. The number of guanidine groups is 1. The predicted octanol–water partition coefficient (Wildman–Crippen LogP) is 2.97. The van der Waals surface area contributed by atoms with Crippen LogP contribution in [0, 0.1) is 5.82 Å². The molecule has 0 amide bonds. The normalized spacial score (nSPS) is 15.8. The van der Waals surface area contributed by atoms with Crippen LogP contribution in [0.25, 0.3) is 0 Å². The van der Waals surface area contributed by atoms with Crippen LogP contribution in [0.4, 0.5) is 4.39 Å². The van der Waals surface area contributed by atoms with E-state index in [1.165, 1.54) is 12.1 Å². The van der Waals surface area contributed by atoms with Gasteiger partial charge in [-0.1, -0.05) is 18.2 Å². The molecule has 1 aliphatic rings. The zero-order valence-corrected chi connectivity index (χ0v) is 19.1. The summed E-state index contributed by atoms with van der Waals surface area (Å²) in [6, 6.07) is 12.6. The van der Waals surface area contributed by atoms with Gasteiger partial charge in [0.2, 0.25) is 0 Å². The maximum Gasteiger partial charge on any atom is 0.191 e. The predicted molar refractivity (Wildman–Crippen MR) is 124 cm³/mol. The molecule has 0 saturated carbocycles. The number of methoxy groups -OCH3 is 2. The van der Waals surface area contributed by atoms with Crippen LogP contribution >= 0.6 is 0 Å². The molecular weight excluding hydrogens is 411 g/mol. The van der Waals surface area contributed by atoms with Crippen molar-refractivity contribution in [2.24, 2.45) is 4.99 Å². The van der Waals surface area contributed by atoms with Gasteiger partial charge >= 0.3 is 0 Å². The van der Waals surface area contributed by atoms with E-state index in [0.29, 0.717) is 43.8 Å². The van der Waals surface area contributed by atoms with Gasteiger partial charge < -0.3 is 24.8 Å². The van der Waals surface area contributed by atoms with Crippen molar-refractivity contribution in [1.29, 1.82) is 0 Å². The van der Waals surface area contributed by atoms with Crippen LogP contribution in [0.5, 0.6) is 11.5 Å². The summed E-state index contributed by atoms with van der Waals surface area (Å²) in [4.78, 5) is 7.03. The summed E-state index contributed by atoms with van der Waals surface area (Å²) < 4.78 is 30.0. The fourth-order valence-electron chi connectivity index (χ4n) is 3.75. The highest BCUT2D eigenvalue weighted by Crippen LogP contribution is 2.32. The highest BCUT2D eigenvalue weighted by atomic mass is 19.1. The Kier molecular flexibility index (Phi) is 9.13. The summed E-state index contributed by atoms with van der Waals surface area (Å²) in [5.41, 5.74) is 1.95. The number of aliphatic imine (C=N–C) groups is 1. The Bertz CT molecular complexity index is 887. The fourth-order valence-corrected chi connectivity index (χ4v) is 3.75. The van der Waals surface area contributed by atoms with Crippen molar-refractivity contribution in [3.05, 3.63) is 59.4 Å². The van der Waals surface area contributed by atoms with Crippen molar-refractivity contribution < 1.29 is 18.6 Å². The van der Waals surface area contributed by atoms with Crippen molar-refractivity contribution in [3.63, 3.8) is 0 Å². The lowest BCUT2D eigenvalue weighted by molar-refractivity contribution is 0.0169. The Morgan fingerprint density at radius 3 is 2.56 bits per heavy atom. The first kappa shape index (κ1) is 23.8.